The number of rotatable bonds is 3. The fraction of sp³-hybridized carbons (Fsp3) is 0.750. The summed E-state index contributed by atoms with van der Waals surface area (Å²) in [4.78, 5) is 13.7. The molecule has 84 valence electrons. The van der Waals surface area contributed by atoms with E-state index in [4.69, 9.17) is 11.2 Å². The number of ether oxygens (including phenoxy) is 1. The van der Waals surface area contributed by atoms with Crippen LogP contribution in [0.15, 0.2) is 0 Å². The monoisotopic (exact) mass is 209 g/mol. The normalized spacial score (nSPS) is 22.4. The van der Waals surface area contributed by atoms with Crippen LogP contribution in [0.3, 0.4) is 0 Å². The maximum Gasteiger partial charge on any atom is 0.323 e. The Morgan fingerprint density at radius 3 is 2.87 bits per heavy atom. The Hall–Kier alpha value is -1.01. The van der Waals surface area contributed by atoms with Gasteiger partial charge in [-0.25, -0.2) is 0 Å². The molecule has 1 fully saturated rings. The van der Waals surface area contributed by atoms with E-state index in [1.165, 1.54) is 0 Å². The molecular formula is C12H19NO2. The van der Waals surface area contributed by atoms with Crippen LogP contribution in [0, 0.1) is 12.3 Å². The van der Waals surface area contributed by atoms with Crippen LogP contribution in [-0.4, -0.2) is 35.6 Å². The summed E-state index contributed by atoms with van der Waals surface area (Å²) in [5, 5.41) is 0. The summed E-state index contributed by atoms with van der Waals surface area (Å²) >= 11 is 0. The van der Waals surface area contributed by atoms with Crippen molar-refractivity contribution in [3.63, 3.8) is 0 Å². The van der Waals surface area contributed by atoms with Gasteiger partial charge in [-0.3, -0.25) is 9.69 Å². The molecule has 0 amide bonds. The standard InChI is InChI=1S/C12H19NO2/c1-5-12(3,4)13-9-7-8-10(13)11(14)15-6-2/h1,10H,6-9H2,2-4H3/t10-/m1/s1. The van der Waals surface area contributed by atoms with Gasteiger partial charge in [-0.05, 0) is 33.6 Å². The van der Waals surface area contributed by atoms with E-state index in [1.807, 2.05) is 20.8 Å². The maximum absolute atomic E-state index is 11.7. The fourth-order valence-electron chi connectivity index (χ4n) is 2.00. The van der Waals surface area contributed by atoms with Crippen LogP contribution in [0.2, 0.25) is 0 Å². The lowest BCUT2D eigenvalue weighted by Crippen LogP contribution is -2.49. The van der Waals surface area contributed by atoms with Crippen LogP contribution in [-0.2, 0) is 9.53 Å². The Morgan fingerprint density at radius 1 is 1.67 bits per heavy atom. The molecule has 0 unspecified atom stereocenters. The molecule has 1 saturated heterocycles. The lowest BCUT2D eigenvalue weighted by Gasteiger charge is -2.34. The van der Waals surface area contributed by atoms with E-state index in [0.29, 0.717) is 6.61 Å². The molecule has 1 heterocycles. The van der Waals surface area contributed by atoms with Crippen molar-refractivity contribution in [2.75, 3.05) is 13.2 Å². The number of hydrogen-bond donors (Lipinski definition) is 0. The number of terminal acetylenes is 1. The van der Waals surface area contributed by atoms with Crippen LogP contribution in [0.5, 0.6) is 0 Å². The number of esters is 1. The molecule has 0 aliphatic carbocycles. The number of hydrogen-bond acceptors (Lipinski definition) is 3. The van der Waals surface area contributed by atoms with E-state index < -0.39 is 0 Å². The summed E-state index contributed by atoms with van der Waals surface area (Å²) < 4.78 is 5.05. The van der Waals surface area contributed by atoms with Gasteiger partial charge >= 0.3 is 5.97 Å². The zero-order valence-electron chi connectivity index (χ0n) is 9.75. The van der Waals surface area contributed by atoms with Crippen molar-refractivity contribution in [2.45, 2.75) is 45.2 Å². The summed E-state index contributed by atoms with van der Waals surface area (Å²) in [5.74, 6) is 2.59. The van der Waals surface area contributed by atoms with Crippen molar-refractivity contribution in [3.05, 3.63) is 0 Å². The van der Waals surface area contributed by atoms with Gasteiger partial charge in [0.25, 0.3) is 0 Å². The first-order valence-electron chi connectivity index (χ1n) is 5.44. The zero-order chi connectivity index (χ0) is 11.5. The van der Waals surface area contributed by atoms with Crippen molar-refractivity contribution in [1.82, 2.24) is 4.90 Å². The molecule has 0 bridgehead atoms. The highest BCUT2D eigenvalue weighted by Crippen LogP contribution is 2.26. The molecule has 0 N–H and O–H groups in total. The molecule has 1 aliphatic heterocycles. The lowest BCUT2D eigenvalue weighted by molar-refractivity contribution is -0.149. The van der Waals surface area contributed by atoms with Gasteiger partial charge in [-0.15, -0.1) is 6.42 Å². The molecule has 1 aliphatic rings. The van der Waals surface area contributed by atoms with Gasteiger partial charge in [0.05, 0.1) is 12.1 Å². The van der Waals surface area contributed by atoms with E-state index in [1.54, 1.807) is 0 Å². The molecule has 0 radical (unpaired) electrons. The summed E-state index contributed by atoms with van der Waals surface area (Å²) in [7, 11) is 0. The van der Waals surface area contributed by atoms with Crippen LogP contribution < -0.4 is 0 Å². The molecule has 0 aromatic carbocycles. The Morgan fingerprint density at radius 2 is 2.33 bits per heavy atom. The number of nitrogens with zero attached hydrogens (tertiary/aromatic N) is 1. The van der Waals surface area contributed by atoms with Crippen molar-refractivity contribution in [2.24, 2.45) is 0 Å². The van der Waals surface area contributed by atoms with Gasteiger partial charge in [0.2, 0.25) is 0 Å². The van der Waals surface area contributed by atoms with E-state index >= 15 is 0 Å². The molecule has 1 atom stereocenters. The average Bonchev–Trinajstić information content (AvgIpc) is 2.67. The molecule has 15 heavy (non-hydrogen) atoms. The maximum atomic E-state index is 11.7. The van der Waals surface area contributed by atoms with Crippen molar-refractivity contribution in [3.8, 4) is 12.3 Å². The zero-order valence-corrected chi connectivity index (χ0v) is 9.75. The van der Waals surface area contributed by atoms with Gasteiger partial charge in [0, 0.05) is 6.54 Å². The molecule has 3 nitrogen and oxygen atoms in total. The van der Waals surface area contributed by atoms with Crippen molar-refractivity contribution in [1.29, 1.82) is 0 Å². The van der Waals surface area contributed by atoms with Crippen molar-refractivity contribution < 1.29 is 9.53 Å². The third-order valence-corrected chi connectivity index (χ3v) is 2.88. The van der Waals surface area contributed by atoms with Gasteiger partial charge < -0.3 is 4.74 Å². The summed E-state index contributed by atoms with van der Waals surface area (Å²) in [5.41, 5.74) is -0.367. The van der Waals surface area contributed by atoms with Crippen LogP contribution in [0.25, 0.3) is 0 Å². The summed E-state index contributed by atoms with van der Waals surface area (Å²) in [6.07, 6.45) is 7.34. The second-order valence-corrected chi connectivity index (χ2v) is 4.31. The lowest BCUT2D eigenvalue weighted by atomic mass is 10.0. The SMILES string of the molecule is C#CC(C)(C)N1CCC[C@@H]1C(=O)OCC. The summed E-state index contributed by atoms with van der Waals surface area (Å²) in [6.45, 7) is 7.05. The number of likely N-dealkylation sites (tertiary alicyclic amines) is 1. The molecule has 0 aromatic heterocycles. The Balaban J connectivity index is 2.74. The van der Waals surface area contributed by atoms with Gasteiger partial charge in [0.15, 0.2) is 0 Å². The predicted molar refractivity (Wildman–Crippen MR) is 59.3 cm³/mol. The Kier molecular flexibility index (Phi) is 3.76. The highest BCUT2D eigenvalue weighted by Gasteiger charge is 2.39. The minimum atomic E-state index is -0.367. The molecule has 0 aromatic rings. The average molecular weight is 209 g/mol. The minimum absolute atomic E-state index is 0.140. The Labute approximate surface area is 91.8 Å². The third kappa shape index (κ3) is 2.51. The third-order valence-electron chi connectivity index (χ3n) is 2.88. The largest absolute Gasteiger partial charge is 0.465 e. The molecule has 0 spiro atoms. The first-order chi connectivity index (χ1) is 7.03. The van der Waals surface area contributed by atoms with Crippen LogP contribution in [0.4, 0.5) is 0 Å². The minimum Gasteiger partial charge on any atom is -0.465 e. The van der Waals surface area contributed by atoms with E-state index in [-0.39, 0.29) is 17.6 Å². The highest BCUT2D eigenvalue weighted by molar-refractivity contribution is 5.76. The quantitative estimate of drug-likeness (QED) is 0.520. The van der Waals surface area contributed by atoms with Gasteiger partial charge in [-0.2, -0.15) is 0 Å². The smallest absolute Gasteiger partial charge is 0.323 e. The van der Waals surface area contributed by atoms with Gasteiger partial charge in [-0.1, -0.05) is 5.92 Å². The van der Waals surface area contributed by atoms with Crippen LogP contribution >= 0.6 is 0 Å². The van der Waals surface area contributed by atoms with Gasteiger partial charge in [0.1, 0.15) is 6.04 Å². The first kappa shape index (κ1) is 12.1. The molecule has 1 rings (SSSR count). The highest BCUT2D eigenvalue weighted by atomic mass is 16.5. The summed E-state index contributed by atoms with van der Waals surface area (Å²) in [6, 6.07) is -0.156. The van der Waals surface area contributed by atoms with Crippen molar-refractivity contribution >= 4 is 5.97 Å². The van der Waals surface area contributed by atoms with Crippen LogP contribution in [0.1, 0.15) is 33.6 Å². The second kappa shape index (κ2) is 4.67. The molecule has 0 saturated carbocycles. The van der Waals surface area contributed by atoms with E-state index in [9.17, 15) is 4.79 Å². The number of carbonyl (C=O) groups excluding carboxylic acids is 1. The molecular weight excluding hydrogens is 190 g/mol. The predicted octanol–water partition coefficient (Wildman–Crippen LogP) is 1.43. The Bertz CT molecular complexity index is 278. The number of carbonyl (C=O) groups is 1. The first-order valence-corrected chi connectivity index (χ1v) is 5.44. The second-order valence-electron chi connectivity index (χ2n) is 4.31. The topological polar surface area (TPSA) is 29.5 Å². The van der Waals surface area contributed by atoms with E-state index in [0.717, 1.165) is 19.4 Å². The molecule has 3 heteroatoms. The van der Waals surface area contributed by atoms with E-state index in [2.05, 4.69) is 10.8 Å². The fourth-order valence-corrected chi connectivity index (χ4v) is 2.00.